The monoisotopic (exact) mass is 298 g/mol. The number of carboxylic acids is 1. The predicted octanol–water partition coefficient (Wildman–Crippen LogP) is 0.823. The van der Waals surface area contributed by atoms with Crippen LogP contribution in [0, 0.1) is 0 Å². The lowest BCUT2D eigenvalue weighted by atomic mass is 10.2. The Morgan fingerprint density at radius 1 is 1.38 bits per heavy atom. The average molecular weight is 298 g/mol. The number of carbonyl (C=O) groups is 1. The highest BCUT2D eigenvalue weighted by molar-refractivity contribution is 5.73. The first kappa shape index (κ1) is 14.9. The molecule has 2 aromatic rings. The molecule has 0 amide bonds. The summed E-state index contributed by atoms with van der Waals surface area (Å²) in [4.78, 5) is 10.7. The van der Waals surface area contributed by atoms with Crippen LogP contribution in [-0.4, -0.2) is 38.7 Å². The molecule has 0 bridgehead atoms. The van der Waals surface area contributed by atoms with E-state index in [1.807, 2.05) is 0 Å². The minimum Gasteiger partial charge on any atom is -0.480 e. The van der Waals surface area contributed by atoms with Crippen LogP contribution in [0.2, 0.25) is 0 Å². The fraction of sp³-hybridized carbons (Fsp3) is 0.250. The van der Waals surface area contributed by atoms with Crippen molar-refractivity contribution in [3.05, 3.63) is 36.2 Å². The normalized spacial score (nSPS) is 12.4. The number of hydrogen-bond acceptors (Lipinski definition) is 5. The number of carboxylic acid groups (broad SMARTS) is 1. The van der Waals surface area contributed by atoms with Crippen molar-refractivity contribution < 1.29 is 23.4 Å². The third-order valence-electron chi connectivity index (χ3n) is 2.61. The van der Waals surface area contributed by atoms with Crippen LogP contribution in [0.1, 0.15) is 5.69 Å². The van der Waals surface area contributed by atoms with E-state index in [1.165, 1.54) is 35.1 Å². The molecule has 0 fully saturated rings. The molecule has 1 atom stereocenters. The number of rotatable bonds is 6. The van der Waals surface area contributed by atoms with Gasteiger partial charge in [0.25, 0.3) is 0 Å². The highest BCUT2D eigenvalue weighted by Crippen LogP contribution is 2.17. The van der Waals surface area contributed by atoms with E-state index in [0.717, 1.165) is 0 Å². The molecule has 1 aromatic heterocycles. The summed E-state index contributed by atoms with van der Waals surface area (Å²) >= 11 is 0. The predicted molar refractivity (Wildman–Crippen MR) is 67.3 cm³/mol. The number of halogens is 2. The Morgan fingerprint density at radius 2 is 2.05 bits per heavy atom. The van der Waals surface area contributed by atoms with E-state index in [9.17, 15) is 13.6 Å². The van der Waals surface area contributed by atoms with E-state index in [4.69, 9.17) is 10.8 Å². The largest absolute Gasteiger partial charge is 0.480 e. The zero-order valence-electron chi connectivity index (χ0n) is 10.7. The second-order valence-electron chi connectivity index (χ2n) is 4.18. The van der Waals surface area contributed by atoms with Crippen molar-refractivity contribution in [2.24, 2.45) is 5.73 Å². The average Bonchev–Trinajstić information content (AvgIpc) is 2.87. The number of hydrogen-bond donors (Lipinski definition) is 2. The lowest BCUT2D eigenvalue weighted by molar-refractivity contribution is -0.138. The van der Waals surface area contributed by atoms with E-state index >= 15 is 0 Å². The van der Waals surface area contributed by atoms with E-state index in [-0.39, 0.29) is 12.2 Å². The topological polar surface area (TPSA) is 103 Å². The third-order valence-corrected chi connectivity index (χ3v) is 2.61. The number of aliphatic carboxylic acids is 1. The Hall–Kier alpha value is -2.55. The molecule has 21 heavy (non-hydrogen) atoms. The maximum atomic E-state index is 12.0. The SMILES string of the molecule is NC(Cc1cn(-c2ccc(OC(F)F)cc2)nn1)C(=O)O. The summed E-state index contributed by atoms with van der Waals surface area (Å²) in [5.74, 6) is -1.10. The minimum absolute atomic E-state index is 0.0296. The van der Waals surface area contributed by atoms with Crippen LogP contribution in [0.15, 0.2) is 30.5 Å². The zero-order valence-corrected chi connectivity index (χ0v) is 10.7. The van der Waals surface area contributed by atoms with Crippen molar-refractivity contribution in [2.45, 2.75) is 19.1 Å². The second kappa shape index (κ2) is 6.27. The van der Waals surface area contributed by atoms with Gasteiger partial charge < -0.3 is 15.6 Å². The summed E-state index contributed by atoms with van der Waals surface area (Å²) in [6.45, 7) is -2.88. The molecule has 1 unspecified atom stereocenters. The van der Waals surface area contributed by atoms with Crippen LogP contribution in [0.4, 0.5) is 8.78 Å². The molecule has 1 aromatic carbocycles. The van der Waals surface area contributed by atoms with Gasteiger partial charge in [-0.15, -0.1) is 5.10 Å². The molecule has 9 heteroatoms. The van der Waals surface area contributed by atoms with Gasteiger partial charge in [0.05, 0.1) is 17.6 Å². The highest BCUT2D eigenvalue weighted by Gasteiger charge is 2.14. The van der Waals surface area contributed by atoms with Crippen molar-refractivity contribution in [1.82, 2.24) is 15.0 Å². The van der Waals surface area contributed by atoms with E-state index in [2.05, 4.69) is 15.0 Å². The fourth-order valence-corrected chi connectivity index (χ4v) is 1.61. The van der Waals surface area contributed by atoms with Crippen LogP contribution in [0.3, 0.4) is 0 Å². The number of aromatic nitrogens is 3. The van der Waals surface area contributed by atoms with Gasteiger partial charge in [-0.3, -0.25) is 4.79 Å². The first-order valence-electron chi connectivity index (χ1n) is 5.90. The standard InChI is InChI=1S/C12H12F2N4O3/c13-12(14)21-9-3-1-8(2-4-9)18-6-7(16-17-18)5-10(15)11(19)20/h1-4,6,10,12H,5,15H2,(H,19,20). The lowest BCUT2D eigenvalue weighted by Crippen LogP contribution is -2.32. The molecule has 0 spiro atoms. The van der Waals surface area contributed by atoms with Crippen molar-refractivity contribution >= 4 is 5.97 Å². The number of nitrogens with two attached hydrogens (primary N) is 1. The van der Waals surface area contributed by atoms with Crippen LogP contribution in [0.5, 0.6) is 5.75 Å². The molecule has 112 valence electrons. The molecule has 0 saturated carbocycles. The van der Waals surface area contributed by atoms with Crippen LogP contribution >= 0.6 is 0 Å². The van der Waals surface area contributed by atoms with Gasteiger partial charge in [0.2, 0.25) is 0 Å². The van der Waals surface area contributed by atoms with Crippen LogP contribution in [0.25, 0.3) is 5.69 Å². The molecule has 3 N–H and O–H groups in total. The van der Waals surface area contributed by atoms with Crippen molar-refractivity contribution in [1.29, 1.82) is 0 Å². The van der Waals surface area contributed by atoms with Crippen molar-refractivity contribution in [2.75, 3.05) is 0 Å². The van der Waals surface area contributed by atoms with Gasteiger partial charge in [-0.2, -0.15) is 8.78 Å². The quantitative estimate of drug-likeness (QED) is 0.818. The molecule has 2 rings (SSSR count). The summed E-state index contributed by atoms with van der Waals surface area (Å²) in [7, 11) is 0. The zero-order chi connectivity index (χ0) is 15.4. The number of alkyl halides is 2. The fourth-order valence-electron chi connectivity index (χ4n) is 1.61. The Kier molecular flexibility index (Phi) is 4.43. The first-order valence-corrected chi connectivity index (χ1v) is 5.90. The summed E-state index contributed by atoms with van der Waals surface area (Å²) < 4.78 is 29.7. The molecule has 7 nitrogen and oxygen atoms in total. The highest BCUT2D eigenvalue weighted by atomic mass is 19.3. The van der Waals surface area contributed by atoms with Gasteiger partial charge in [-0.05, 0) is 24.3 Å². The summed E-state index contributed by atoms with van der Waals surface area (Å²) in [5.41, 5.74) is 6.38. The van der Waals surface area contributed by atoms with Gasteiger partial charge in [-0.25, -0.2) is 4.68 Å². The van der Waals surface area contributed by atoms with Crippen molar-refractivity contribution in [3.8, 4) is 11.4 Å². The van der Waals surface area contributed by atoms with E-state index < -0.39 is 18.6 Å². The maximum absolute atomic E-state index is 12.0. The molecule has 0 aliphatic carbocycles. The molecular weight excluding hydrogens is 286 g/mol. The Labute approximate surface area is 117 Å². The molecule has 0 aliphatic rings. The molecule has 0 aliphatic heterocycles. The second-order valence-corrected chi connectivity index (χ2v) is 4.18. The number of ether oxygens (including phenoxy) is 1. The minimum atomic E-state index is -2.88. The lowest BCUT2D eigenvalue weighted by Gasteiger charge is -2.05. The summed E-state index contributed by atoms with van der Waals surface area (Å²) in [5, 5.41) is 16.3. The van der Waals surface area contributed by atoms with Gasteiger partial charge >= 0.3 is 12.6 Å². The molecule has 1 heterocycles. The van der Waals surface area contributed by atoms with Gasteiger partial charge in [0.1, 0.15) is 11.8 Å². The van der Waals surface area contributed by atoms with Gasteiger partial charge in [-0.1, -0.05) is 5.21 Å². The number of nitrogens with zero attached hydrogens (tertiary/aromatic N) is 3. The summed E-state index contributed by atoms with van der Waals surface area (Å²) in [6, 6.07) is 4.72. The smallest absolute Gasteiger partial charge is 0.387 e. The van der Waals surface area contributed by atoms with Crippen molar-refractivity contribution in [3.63, 3.8) is 0 Å². The van der Waals surface area contributed by atoms with E-state index in [1.54, 1.807) is 0 Å². The van der Waals surface area contributed by atoms with Crippen LogP contribution in [-0.2, 0) is 11.2 Å². The Morgan fingerprint density at radius 3 is 2.62 bits per heavy atom. The molecule has 0 saturated heterocycles. The third kappa shape index (κ3) is 3.96. The molecule has 0 radical (unpaired) electrons. The Bertz CT molecular complexity index is 615. The molecular formula is C12H12F2N4O3. The maximum Gasteiger partial charge on any atom is 0.387 e. The summed E-state index contributed by atoms with van der Waals surface area (Å²) in [6.07, 6.45) is 1.56. The Balaban J connectivity index is 2.08. The van der Waals surface area contributed by atoms with Gasteiger partial charge in [0.15, 0.2) is 0 Å². The van der Waals surface area contributed by atoms with Crippen LogP contribution < -0.4 is 10.5 Å². The number of benzene rings is 1. The first-order chi connectivity index (χ1) is 9.95. The van der Waals surface area contributed by atoms with E-state index in [0.29, 0.717) is 11.4 Å². The van der Waals surface area contributed by atoms with Gasteiger partial charge in [0, 0.05) is 6.42 Å².